The van der Waals surface area contributed by atoms with E-state index in [2.05, 4.69) is 37.5 Å². The molecule has 5 aromatic rings. The first-order chi connectivity index (χ1) is 19.7. The third-order valence-corrected chi connectivity index (χ3v) is 7.24. The Morgan fingerprint density at radius 1 is 0.976 bits per heavy atom. The van der Waals surface area contributed by atoms with Gasteiger partial charge in [-0.25, -0.2) is 9.78 Å². The standard InChI is InChI=1S/C29H24F3IN4O4/c30-29(31,32)22-4-2-1-3-19(22)15-24(26-34-16-23(35-26)17-5-9-20(33)10-6-17)37-27(39)25(36-28(37)40)18-7-11-21(12-8-18)41-14-13-38/h1-12,16,24,38-39H,13-15H2,(H,34,35)(H,36,40)/t24-/m1/s1. The molecule has 3 aromatic carbocycles. The van der Waals surface area contributed by atoms with E-state index in [1.807, 2.05) is 24.3 Å². The lowest BCUT2D eigenvalue weighted by Crippen LogP contribution is -2.26. The van der Waals surface area contributed by atoms with Crippen molar-refractivity contribution in [3.8, 4) is 34.1 Å². The van der Waals surface area contributed by atoms with Crippen LogP contribution in [0.25, 0.3) is 22.5 Å². The highest BCUT2D eigenvalue weighted by Gasteiger charge is 2.35. The molecule has 41 heavy (non-hydrogen) atoms. The van der Waals surface area contributed by atoms with Gasteiger partial charge in [0.25, 0.3) is 0 Å². The van der Waals surface area contributed by atoms with Crippen LogP contribution in [-0.2, 0) is 12.6 Å². The fourth-order valence-corrected chi connectivity index (χ4v) is 4.95. The number of nitrogens with one attached hydrogen (secondary N) is 2. The molecular weight excluding hydrogens is 652 g/mol. The molecule has 0 bridgehead atoms. The number of alkyl halides is 3. The molecule has 0 saturated heterocycles. The summed E-state index contributed by atoms with van der Waals surface area (Å²) in [5.41, 5.74) is 0.318. The van der Waals surface area contributed by atoms with Gasteiger partial charge in [0.2, 0.25) is 5.88 Å². The smallest absolute Gasteiger partial charge is 0.416 e. The highest BCUT2D eigenvalue weighted by molar-refractivity contribution is 14.1. The van der Waals surface area contributed by atoms with E-state index in [0.29, 0.717) is 17.0 Å². The number of H-pyrrole nitrogens is 2. The summed E-state index contributed by atoms with van der Waals surface area (Å²) < 4.78 is 49.0. The van der Waals surface area contributed by atoms with Crippen LogP contribution in [0.15, 0.2) is 83.8 Å². The van der Waals surface area contributed by atoms with Crippen molar-refractivity contribution in [3.05, 3.63) is 110 Å². The van der Waals surface area contributed by atoms with Gasteiger partial charge in [-0.15, -0.1) is 0 Å². The van der Waals surface area contributed by atoms with E-state index in [1.54, 1.807) is 30.5 Å². The molecule has 0 amide bonds. The predicted octanol–water partition coefficient (Wildman–Crippen LogP) is 5.77. The van der Waals surface area contributed by atoms with Gasteiger partial charge in [0.15, 0.2) is 0 Å². The Kier molecular flexibility index (Phi) is 8.22. The number of aromatic nitrogens is 4. The van der Waals surface area contributed by atoms with Gasteiger partial charge in [-0.05, 0) is 76.2 Å². The molecule has 0 aliphatic carbocycles. The molecule has 0 saturated carbocycles. The topological polar surface area (TPSA) is 116 Å². The Morgan fingerprint density at radius 2 is 1.66 bits per heavy atom. The lowest BCUT2D eigenvalue weighted by atomic mass is 9.99. The summed E-state index contributed by atoms with van der Waals surface area (Å²) in [6.07, 6.45) is -3.36. The number of aromatic hydroxyl groups is 1. The number of imidazole rings is 2. The minimum atomic E-state index is -4.62. The summed E-state index contributed by atoms with van der Waals surface area (Å²) in [5.74, 6) is 0.219. The molecule has 2 heterocycles. The van der Waals surface area contributed by atoms with Crippen molar-refractivity contribution in [2.45, 2.75) is 18.6 Å². The summed E-state index contributed by atoms with van der Waals surface area (Å²) in [5, 5.41) is 20.2. The molecule has 212 valence electrons. The minimum Gasteiger partial charge on any atom is -0.493 e. The second-order valence-electron chi connectivity index (χ2n) is 9.16. The number of aliphatic hydroxyl groups is 1. The quantitative estimate of drug-likeness (QED) is 0.148. The van der Waals surface area contributed by atoms with Crippen LogP contribution in [0.5, 0.6) is 11.6 Å². The maximum Gasteiger partial charge on any atom is 0.416 e. The first kappa shape index (κ1) is 28.5. The first-order valence-electron chi connectivity index (χ1n) is 12.5. The van der Waals surface area contributed by atoms with Gasteiger partial charge in [-0.1, -0.05) is 30.3 Å². The zero-order chi connectivity index (χ0) is 29.1. The third kappa shape index (κ3) is 6.17. The number of nitrogens with zero attached hydrogens (tertiary/aromatic N) is 2. The van der Waals surface area contributed by atoms with Gasteiger partial charge in [0.05, 0.1) is 24.1 Å². The summed E-state index contributed by atoms with van der Waals surface area (Å²) in [6.45, 7) is -0.0537. The Morgan fingerprint density at radius 3 is 2.34 bits per heavy atom. The van der Waals surface area contributed by atoms with Crippen LogP contribution in [0, 0.1) is 3.57 Å². The molecule has 5 rings (SSSR count). The summed E-state index contributed by atoms with van der Waals surface area (Å²) >= 11 is 2.18. The monoisotopic (exact) mass is 676 g/mol. The van der Waals surface area contributed by atoms with E-state index in [4.69, 9.17) is 9.84 Å². The van der Waals surface area contributed by atoms with E-state index in [9.17, 15) is 23.1 Å². The highest BCUT2D eigenvalue weighted by atomic mass is 127. The maximum atomic E-state index is 13.9. The van der Waals surface area contributed by atoms with E-state index >= 15 is 0 Å². The van der Waals surface area contributed by atoms with Crippen molar-refractivity contribution in [2.24, 2.45) is 0 Å². The number of halogens is 4. The molecule has 4 N–H and O–H groups in total. The zero-order valence-corrected chi connectivity index (χ0v) is 23.5. The second kappa shape index (κ2) is 11.8. The van der Waals surface area contributed by atoms with Gasteiger partial charge in [0.1, 0.15) is 29.9 Å². The van der Waals surface area contributed by atoms with Crippen molar-refractivity contribution < 1.29 is 28.1 Å². The fourth-order valence-electron chi connectivity index (χ4n) is 4.59. The number of aliphatic hydroxyl groups excluding tert-OH is 1. The van der Waals surface area contributed by atoms with Crippen molar-refractivity contribution in [1.82, 2.24) is 19.5 Å². The van der Waals surface area contributed by atoms with Crippen LogP contribution in [0.2, 0.25) is 0 Å². The molecule has 0 unspecified atom stereocenters. The van der Waals surface area contributed by atoms with Crippen LogP contribution in [0.1, 0.15) is 23.0 Å². The number of hydrogen-bond acceptors (Lipinski definition) is 5. The van der Waals surface area contributed by atoms with E-state index < -0.39 is 29.4 Å². The van der Waals surface area contributed by atoms with Gasteiger partial charge in [0, 0.05) is 15.6 Å². The normalized spacial score (nSPS) is 12.4. The SMILES string of the molecule is O=c1[nH]c(-c2ccc(OCCO)cc2)c(O)n1[C@H](Cc1ccccc1C(F)(F)F)c1ncc(-c2ccc(I)cc2)[nH]1. The summed E-state index contributed by atoms with van der Waals surface area (Å²) in [4.78, 5) is 23.5. The minimum absolute atomic E-state index is 0.0587. The number of benzene rings is 3. The van der Waals surface area contributed by atoms with Gasteiger partial charge < -0.3 is 24.9 Å². The molecular formula is C29H24F3IN4O4. The molecule has 12 heteroatoms. The van der Waals surface area contributed by atoms with Crippen molar-refractivity contribution in [1.29, 1.82) is 0 Å². The second-order valence-corrected chi connectivity index (χ2v) is 10.4. The van der Waals surface area contributed by atoms with Crippen LogP contribution < -0.4 is 10.4 Å². The Labute approximate surface area is 245 Å². The molecule has 0 aliphatic rings. The van der Waals surface area contributed by atoms with Gasteiger partial charge in [-0.3, -0.25) is 4.57 Å². The maximum absolute atomic E-state index is 13.9. The largest absolute Gasteiger partial charge is 0.493 e. The molecule has 1 atom stereocenters. The van der Waals surface area contributed by atoms with Crippen LogP contribution >= 0.6 is 22.6 Å². The number of hydrogen-bond donors (Lipinski definition) is 4. The first-order valence-corrected chi connectivity index (χ1v) is 13.6. The lowest BCUT2D eigenvalue weighted by Gasteiger charge is -2.20. The highest BCUT2D eigenvalue weighted by Crippen LogP contribution is 2.37. The number of rotatable bonds is 9. The summed E-state index contributed by atoms with van der Waals surface area (Å²) in [6, 6.07) is 18.0. The molecule has 8 nitrogen and oxygen atoms in total. The predicted molar refractivity (Wildman–Crippen MR) is 155 cm³/mol. The number of aromatic amines is 2. The molecule has 0 radical (unpaired) electrons. The zero-order valence-electron chi connectivity index (χ0n) is 21.3. The van der Waals surface area contributed by atoms with Crippen molar-refractivity contribution >= 4 is 22.6 Å². The van der Waals surface area contributed by atoms with Crippen LogP contribution in [0.4, 0.5) is 13.2 Å². The van der Waals surface area contributed by atoms with Crippen LogP contribution in [0.3, 0.4) is 0 Å². The van der Waals surface area contributed by atoms with E-state index in [-0.39, 0.29) is 36.7 Å². The average Bonchev–Trinajstić information content (AvgIpc) is 3.56. The average molecular weight is 676 g/mol. The third-order valence-electron chi connectivity index (χ3n) is 6.52. The van der Waals surface area contributed by atoms with Gasteiger partial charge in [-0.2, -0.15) is 13.2 Å². The Bertz CT molecular complexity index is 1690. The van der Waals surface area contributed by atoms with Crippen molar-refractivity contribution in [2.75, 3.05) is 13.2 Å². The molecule has 0 spiro atoms. The Balaban J connectivity index is 1.59. The van der Waals surface area contributed by atoms with E-state index in [0.717, 1.165) is 19.8 Å². The lowest BCUT2D eigenvalue weighted by molar-refractivity contribution is -0.138. The fraction of sp³-hybridized carbons (Fsp3) is 0.172. The van der Waals surface area contributed by atoms with Gasteiger partial charge >= 0.3 is 11.9 Å². The summed E-state index contributed by atoms with van der Waals surface area (Å²) in [7, 11) is 0. The molecule has 0 fully saturated rings. The molecule has 2 aromatic heterocycles. The molecule has 0 aliphatic heterocycles. The Hall–Kier alpha value is -4.04. The van der Waals surface area contributed by atoms with Crippen molar-refractivity contribution in [3.63, 3.8) is 0 Å². The van der Waals surface area contributed by atoms with E-state index in [1.165, 1.54) is 18.2 Å². The number of ether oxygens (including phenoxy) is 1. The van der Waals surface area contributed by atoms with Crippen LogP contribution in [-0.4, -0.2) is 42.9 Å².